The van der Waals surface area contributed by atoms with Gasteiger partial charge in [-0.05, 0) is 61.4 Å². The van der Waals surface area contributed by atoms with Gasteiger partial charge >= 0.3 is 5.97 Å². The lowest BCUT2D eigenvalue weighted by molar-refractivity contribution is 0.0528. The maximum absolute atomic E-state index is 12.5. The Kier molecular flexibility index (Phi) is 7.53. The molecule has 0 amide bonds. The van der Waals surface area contributed by atoms with Crippen LogP contribution in [0, 0.1) is 11.3 Å². The summed E-state index contributed by atoms with van der Waals surface area (Å²) in [5, 5.41) is 8.09. The van der Waals surface area contributed by atoms with Crippen LogP contribution in [-0.4, -0.2) is 23.7 Å². The molecule has 2 N–H and O–H groups in total. The zero-order valence-corrected chi connectivity index (χ0v) is 19.9. The van der Waals surface area contributed by atoms with Gasteiger partial charge in [0.25, 0.3) is 0 Å². The van der Waals surface area contributed by atoms with E-state index in [9.17, 15) is 4.79 Å². The lowest BCUT2D eigenvalue weighted by Crippen LogP contribution is -2.44. The number of ether oxygens (including phenoxy) is 1. The molecular weight excluding hydrogens is 412 g/mol. The molecular formula is C24H32N2O2S2. The van der Waals surface area contributed by atoms with Gasteiger partial charge in [0.2, 0.25) is 0 Å². The van der Waals surface area contributed by atoms with E-state index in [4.69, 9.17) is 17.0 Å². The third-order valence-electron chi connectivity index (χ3n) is 5.45. The molecule has 0 spiro atoms. The molecule has 4 nitrogen and oxygen atoms in total. The predicted molar refractivity (Wildman–Crippen MR) is 129 cm³/mol. The van der Waals surface area contributed by atoms with Crippen LogP contribution in [0.3, 0.4) is 0 Å². The highest BCUT2D eigenvalue weighted by atomic mass is 32.1. The lowest BCUT2D eigenvalue weighted by Gasteiger charge is -2.39. The van der Waals surface area contributed by atoms with Crippen molar-refractivity contribution in [1.29, 1.82) is 0 Å². The van der Waals surface area contributed by atoms with Gasteiger partial charge in [0.1, 0.15) is 5.00 Å². The Morgan fingerprint density at radius 2 is 2.00 bits per heavy atom. The normalized spacial score (nSPS) is 20.4. The fourth-order valence-corrected chi connectivity index (χ4v) is 5.98. The number of benzene rings is 1. The van der Waals surface area contributed by atoms with Crippen molar-refractivity contribution in [2.24, 2.45) is 11.3 Å². The van der Waals surface area contributed by atoms with Gasteiger partial charge in [-0.25, -0.2) is 4.79 Å². The van der Waals surface area contributed by atoms with Crippen molar-refractivity contribution >= 4 is 39.6 Å². The van der Waals surface area contributed by atoms with E-state index in [0.29, 0.717) is 34.7 Å². The zero-order chi connectivity index (χ0) is 21.7. The van der Waals surface area contributed by atoms with Crippen molar-refractivity contribution in [3.63, 3.8) is 0 Å². The number of carbonyl (C=O) groups is 1. The molecule has 1 heterocycles. The smallest absolute Gasteiger partial charge is 0.341 e. The summed E-state index contributed by atoms with van der Waals surface area (Å²) in [5.41, 5.74) is 2.07. The summed E-state index contributed by atoms with van der Waals surface area (Å²) in [7, 11) is 0. The molecule has 2 aromatic rings. The minimum absolute atomic E-state index is 0.312. The molecule has 6 heteroatoms. The van der Waals surface area contributed by atoms with Crippen molar-refractivity contribution in [3.8, 4) is 0 Å². The third kappa shape index (κ3) is 6.29. The second kappa shape index (κ2) is 9.92. The van der Waals surface area contributed by atoms with E-state index in [1.54, 1.807) is 11.3 Å². The first kappa shape index (κ1) is 22.8. The van der Waals surface area contributed by atoms with Crippen LogP contribution in [0.1, 0.15) is 67.8 Å². The fourth-order valence-electron chi connectivity index (χ4n) is 4.56. The largest absolute Gasteiger partial charge is 0.462 e. The summed E-state index contributed by atoms with van der Waals surface area (Å²) in [6.45, 7) is 9.12. The van der Waals surface area contributed by atoms with Crippen molar-refractivity contribution in [2.75, 3.05) is 11.9 Å². The van der Waals surface area contributed by atoms with E-state index in [1.807, 2.05) is 31.2 Å². The van der Waals surface area contributed by atoms with Crippen molar-refractivity contribution in [2.45, 2.75) is 59.4 Å². The van der Waals surface area contributed by atoms with Crippen molar-refractivity contribution < 1.29 is 9.53 Å². The lowest BCUT2D eigenvalue weighted by atomic mass is 9.71. The number of hydrogen-bond donors (Lipinski definition) is 2. The number of rotatable bonds is 6. The summed E-state index contributed by atoms with van der Waals surface area (Å²) in [6.07, 6.45) is 4.22. The summed E-state index contributed by atoms with van der Waals surface area (Å²) in [5.74, 6) is 0.356. The number of thiophene rings is 1. The third-order valence-corrected chi connectivity index (χ3v) is 6.72. The van der Waals surface area contributed by atoms with Crippen LogP contribution in [0.15, 0.2) is 36.4 Å². The monoisotopic (exact) mass is 444 g/mol. The maximum Gasteiger partial charge on any atom is 0.341 e. The van der Waals surface area contributed by atoms with E-state index in [0.717, 1.165) is 29.1 Å². The first-order chi connectivity index (χ1) is 14.3. The number of hydrogen-bond acceptors (Lipinski definition) is 4. The predicted octanol–water partition coefficient (Wildman–Crippen LogP) is 6.02. The summed E-state index contributed by atoms with van der Waals surface area (Å²) in [4.78, 5) is 13.6. The molecule has 2 unspecified atom stereocenters. The van der Waals surface area contributed by atoms with Crippen LogP contribution in [0.25, 0.3) is 0 Å². The molecule has 162 valence electrons. The summed E-state index contributed by atoms with van der Waals surface area (Å²) in [6, 6.07) is 12.5. The van der Waals surface area contributed by atoms with Crippen LogP contribution in [0.4, 0.5) is 5.00 Å². The molecule has 0 bridgehead atoms. The molecule has 2 atom stereocenters. The van der Waals surface area contributed by atoms with Gasteiger partial charge in [-0.1, -0.05) is 51.1 Å². The van der Waals surface area contributed by atoms with Crippen LogP contribution >= 0.6 is 23.6 Å². The molecule has 1 aliphatic rings. The Labute approximate surface area is 189 Å². The minimum atomic E-state index is -0.314. The van der Waals surface area contributed by atoms with E-state index in [2.05, 4.69) is 43.5 Å². The first-order valence-electron chi connectivity index (χ1n) is 10.7. The van der Waals surface area contributed by atoms with Crippen LogP contribution in [-0.2, 0) is 11.2 Å². The number of anilines is 1. The molecule has 1 aromatic heterocycles. The Hall–Kier alpha value is -1.92. The second-order valence-corrected chi connectivity index (χ2v) is 10.6. The highest BCUT2D eigenvalue weighted by Crippen LogP contribution is 2.38. The number of thiocarbonyl (C=S) groups is 1. The van der Waals surface area contributed by atoms with Gasteiger partial charge in [0.05, 0.1) is 12.2 Å². The van der Waals surface area contributed by atoms with E-state index in [-0.39, 0.29) is 5.97 Å². The number of esters is 1. The van der Waals surface area contributed by atoms with E-state index >= 15 is 0 Å². The molecule has 3 rings (SSSR count). The SMILES string of the molecule is CCOC(=O)c1cc(Cc2ccccc2)sc1NC(=S)NC1CC(C)CC(C)(C)C1. The van der Waals surface area contributed by atoms with Gasteiger partial charge in [-0.3, -0.25) is 0 Å². The molecule has 0 radical (unpaired) electrons. The average molecular weight is 445 g/mol. The van der Waals surface area contributed by atoms with E-state index in [1.165, 1.54) is 12.0 Å². The highest BCUT2D eigenvalue weighted by molar-refractivity contribution is 7.80. The van der Waals surface area contributed by atoms with Crippen molar-refractivity contribution in [1.82, 2.24) is 5.32 Å². The Morgan fingerprint density at radius 1 is 1.27 bits per heavy atom. The average Bonchev–Trinajstić information content (AvgIpc) is 3.03. The van der Waals surface area contributed by atoms with Crippen LogP contribution in [0.2, 0.25) is 0 Å². The van der Waals surface area contributed by atoms with Gasteiger partial charge in [0.15, 0.2) is 5.11 Å². The molecule has 1 aromatic carbocycles. The maximum atomic E-state index is 12.5. The summed E-state index contributed by atoms with van der Waals surface area (Å²) < 4.78 is 5.27. The quantitative estimate of drug-likeness (QED) is 0.422. The fraction of sp³-hybridized carbons (Fsp3) is 0.500. The topological polar surface area (TPSA) is 50.4 Å². The second-order valence-electron chi connectivity index (χ2n) is 9.05. The van der Waals surface area contributed by atoms with Gasteiger partial charge in [-0.15, -0.1) is 11.3 Å². The molecule has 1 saturated carbocycles. The first-order valence-corrected chi connectivity index (χ1v) is 11.9. The summed E-state index contributed by atoms with van der Waals surface area (Å²) >= 11 is 7.17. The Balaban J connectivity index is 1.72. The standard InChI is InChI=1S/C24H32N2O2S2/c1-5-28-22(27)20-13-19(12-17-9-7-6-8-10-17)30-21(20)26-23(29)25-18-11-16(2)14-24(3,4)15-18/h6-10,13,16,18H,5,11-12,14-15H2,1-4H3,(H2,25,26,29). The molecule has 0 saturated heterocycles. The number of nitrogens with one attached hydrogen (secondary N) is 2. The highest BCUT2D eigenvalue weighted by Gasteiger charge is 2.32. The molecule has 1 fully saturated rings. The molecule has 30 heavy (non-hydrogen) atoms. The number of carbonyl (C=O) groups excluding carboxylic acids is 1. The van der Waals surface area contributed by atoms with Crippen LogP contribution < -0.4 is 10.6 Å². The van der Waals surface area contributed by atoms with Gasteiger partial charge in [0, 0.05) is 17.3 Å². The van der Waals surface area contributed by atoms with E-state index < -0.39 is 0 Å². The Morgan fingerprint density at radius 3 is 2.67 bits per heavy atom. The van der Waals surface area contributed by atoms with Gasteiger partial charge < -0.3 is 15.4 Å². The Bertz CT molecular complexity index is 877. The minimum Gasteiger partial charge on any atom is -0.462 e. The van der Waals surface area contributed by atoms with Crippen LogP contribution in [0.5, 0.6) is 0 Å². The zero-order valence-electron chi connectivity index (χ0n) is 18.3. The molecule has 1 aliphatic carbocycles. The van der Waals surface area contributed by atoms with Gasteiger partial charge in [-0.2, -0.15) is 0 Å². The molecule has 0 aliphatic heterocycles. The van der Waals surface area contributed by atoms with Crippen molar-refractivity contribution in [3.05, 3.63) is 52.4 Å².